The predicted octanol–water partition coefficient (Wildman–Crippen LogP) is 1.80. The molecule has 1 aromatic rings. The Morgan fingerprint density at radius 2 is 2.28 bits per heavy atom. The average Bonchev–Trinajstić information content (AvgIpc) is 3.12. The van der Waals surface area contributed by atoms with Crippen LogP contribution in [0.15, 0.2) is 12.3 Å². The maximum atomic E-state index is 5.87. The van der Waals surface area contributed by atoms with Crippen molar-refractivity contribution in [2.45, 2.75) is 45.3 Å². The minimum atomic E-state index is -0.115. The fourth-order valence-electron chi connectivity index (χ4n) is 2.01. The van der Waals surface area contributed by atoms with E-state index < -0.39 is 0 Å². The van der Waals surface area contributed by atoms with Crippen LogP contribution in [0, 0.1) is 5.92 Å². The normalized spacial score (nSPS) is 18.5. The highest BCUT2D eigenvalue weighted by molar-refractivity contribution is 5.33. The van der Waals surface area contributed by atoms with Gasteiger partial charge in [0, 0.05) is 18.8 Å². The summed E-state index contributed by atoms with van der Waals surface area (Å²) in [5.74, 6) is 1.81. The van der Waals surface area contributed by atoms with E-state index in [1.807, 2.05) is 13.8 Å². The van der Waals surface area contributed by atoms with Gasteiger partial charge >= 0.3 is 0 Å². The van der Waals surface area contributed by atoms with Gasteiger partial charge in [-0.15, -0.1) is 0 Å². The van der Waals surface area contributed by atoms with E-state index in [4.69, 9.17) is 10.5 Å². The molecule has 100 valence electrons. The van der Waals surface area contributed by atoms with E-state index in [1.54, 1.807) is 12.3 Å². The van der Waals surface area contributed by atoms with Crippen LogP contribution in [-0.2, 0) is 0 Å². The number of hydrogen-bond acceptors (Lipinski definition) is 5. The molecule has 2 rings (SSSR count). The second-order valence-corrected chi connectivity index (χ2v) is 5.41. The third-order valence-corrected chi connectivity index (χ3v) is 3.29. The van der Waals surface area contributed by atoms with Crippen molar-refractivity contribution in [3.63, 3.8) is 0 Å². The molecule has 1 aromatic heterocycles. The zero-order valence-electron chi connectivity index (χ0n) is 11.3. The molecular formula is C13H22N4O. The van der Waals surface area contributed by atoms with Gasteiger partial charge in [0.2, 0.25) is 11.8 Å². The molecule has 0 radical (unpaired) electrons. The lowest BCUT2D eigenvalue weighted by Gasteiger charge is -2.29. The van der Waals surface area contributed by atoms with Crippen LogP contribution in [0.3, 0.4) is 0 Å². The lowest BCUT2D eigenvalue weighted by atomic mass is 9.96. The standard InChI is InChI=1S/C13H22N4O/c1-9(2)18-11-6-7-15-12(16-11)17-13(3,8-14)10-4-5-10/h6-7,9-10H,4-5,8,14H2,1-3H3,(H,15,16,17). The molecule has 0 bridgehead atoms. The molecule has 18 heavy (non-hydrogen) atoms. The maximum Gasteiger partial charge on any atom is 0.226 e. The Morgan fingerprint density at radius 1 is 1.56 bits per heavy atom. The number of nitrogens with zero attached hydrogens (tertiary/aromatic N) is 2. The van der Waals surface area contributed by atoms with Gasteiger partial charge in [0.1, 0.15) is 0 Å². The fourth-order valence-corrected chi connectivity index (χ4v) is 2.01. The fraction of sp³-hybridized carbons (Fsp3) is 0.692. The van der Waals surface area contributed by atoms with Crippen LogP contribution >= 0.6 is 0 Å². The van der Waals surface area contributed by atoms with Crippen molar-refractivity contribution in [3.8, 4) is 5.88 Å². The summed E-state index contributed by atoms with van der Waals surface area (Å²) in [4.78, 5) is 8.59. The van der Waals surface area contributed by atoms with Crippen LogP contribution < -0.4 is 15.8 Å². The molecule has 1 aliphatic carbocycles. The van der Waals surface area contributed by atoms with Gasteiger partial charge in [-0.05, 0) is 39.5 Å². The van der Waals surface area contributed by atoms with E-state index in [9.17, 15) is 0 Å². The first-order chi connectivity index (χ1) is 8.53. The van der Waals surface area contributed by atoms with Crippen molar-refractivity contribution in [1.82, 2.24) is 9.97 Å². The molecule has 5 heteroatoms. The molecule has 1 fully saturated rings. The van der Waals surface area contributed by atoms with Crippen LogP contribution in [0.1, 0.15) is 33.6 Å². The van der Waals surface area contributed by atoms with Gasteiger partial charge in [0.15, 0.2) is 0 Å². The van der Waals surface area contributed by atoms with Gasteiger partial charge in [-0.25, -0.2) is 4.98 Å². The number of hydrogen-bond donors (Lipinski definition) is 2. The second-order valence-electron chi connectivity index (χ2n) is 5.41. The minimum Gasteiger partial charge on any atom is -0.475 e. The third-order valence-electron chi connectivity index (χ3n) is 3.29. The van der Waals surface area contributed by atoms with Gasteiger partial charge in [-0.2, -0.15) is 4.98 Å². The van der Waals surface area contributed by atoms with E-state index in [-0.39, 0.29) is 11.6 Å². The lowest BCUT2D eigenvalue weighted by molar-refractivity contribution is 0.232. The molecule has 1 saturated carbocycles. The Bertz CT molecular complexity index is 406. The van der Waals surface area contributed by atoms with Gasteiger partial charge in [0.05, 0.1) is 11.6 Å². The summed E-state index contributed by atoms with van der Waals surface area (Å²) in [5.41, 5.74) is 5.75. The van der Waals surface area contributed by atoms with Gasteiger partial charge in [-0.1, -0.05) is 0 Å². The van der Waals surface area contributed by atoms with Crippen molar-refractivity contribution >= 4 is 5.95 Å². The zero-order valence-corrected chi connectivity index (χ0v) is 11.3. The smallest absolute Gasteiger partial charge is 0.226 e. The summed E-state index contributed by atoms with van der Waals surface area (Å²) >= 11 is 0. The topological polar surface area (TPSA) is 73.1 Å². The van der Waals surface area contributed by atoms with Crippen molar-refractivity contribution in [1.29, 1.82) is 0 Å². The second kappa shape index (κ2) is 5.10. The summed E-state index contributed by atoms with van der Waals surface area (Å²) in [6, 6.07) is 1.77. The van der Waals surface area contributed by atoms with E-state index in [0.29, 0.717) is 24.3 Å². The summed E-state index contributed by atoms with van der Waals surface area (Å²) in [5, 5.41) is 3.35. The molecule has 1 aliphatic rings. The molecule has 0 spiro atoms. The third kappa shape index (κ3) is 3.10. The van der Waals surface area contributed by atoms with Gasteiger partial charge in [-0.3, -0.25) is 0 Å². The first-order valence-electron chi connectivity index (χ1n) is 6.51. The number of anilines is 1. The molecule has 1 atom stereocenters. The summed E-state index contributed by atoms with van der Waals surface area (Å²) in [6.07, 6.45) is 4.26. The van der Waals surface area contributed by atoms with Crippen LogP contribution in [0.4, 0.5) is 5.95 Å². The Kier molecular flexibility index (Phi) is 3.71. The maximum absolute atomic E-state index is 5.87. The first kappa shape index (κ1) is 13.1. The summed E-state index contributed by atoms with van der Waals surface area (Å²) in [6.45, 7) is 6.66. The highest BCUT2D eigenvalue weighted by atomic mass is 16.5. The Hall–Kier alpha value is -1.36. The van der Waals surface area contributed by atoms with Crippen LogP contribution in [0.5, 0.6) is 5.88 Å². The number of rotatable bonds is 6. The van der Waals surface area contributed by atoms with Crippen LogP contribution in [-0.4, -0.2) is 28.2 Å². The Morgan fingerprint density at radius 3 is 2.83 bits per heavy atom. The van der Waals surface area contributed by atoms with Crippen LogP contribution in [0.2, 0.25) is 0 Å². The van der Waals surface area contributed by atoms with E-state index in [2.05, 4.69) is 22.2 Å². The molecule has 1 unspecified atom stereocenters. The molecular weight excluding hydrogens is 228 g/mol. The van der Waals surface area contributed by atoms with Crippen molar-refractivity contribution in [2.75, 3.05) is 11.9 Å². The molecule has 0 aromatic carbocycles. The van der Waals surface area contributed by atoms with Gasteiger partial charge < -0.3 is 15.8 Å². The zero-order chi connectivity index (χ0) is 13.2. The number of nitrogens with one attached hydrogen (secondary N) is 1. The molecule has 5 nitrogen and oxygen atoms in total. The SMILES string of the molecule is CC(C)Oc1ccnc(NC(C)(CN)C2CC2)n1. The summed E-state index contributed by atoms with van der Waals surface area (Å²) < 4.78 is 5.56. The lowest BCUT2D eigenvalue weighted by Crippen LogP contribution is -2.45. The monoisotopic (exact) mass is 250 g/mol. The van der Waals surface area contributed by atoms with E-state index in [0.717, 1.165) is 0 Å². The molecule has 0 saturated heterocycles. The van der Waals surface area contributed by atoms with Gasteiger partial charge in [0.25, 0.3) is 0 Å². The molecule has 0 aliphatic heterocycles. The van der Waals surface area contributed by atoms with Crippen molar-refractivity contribution in [2.24, 2.45) is 11.7 Å². The average molecular weight is 250 g/mol. The van der Waals surface area contributed by atoms with Crippen molar-refractivity contribution < 1.29 is 4.74 Å². The molecule has 1 heterocycles. The van der Waals surface area contributed by atoms with E-state index >= 15 is 0 Å². The molecule has 0 amide bonds. The predicted molar refractivity (Wildman–Crippen MR) is 71.6 cm³/mol. The largest absolute Gasteiger partial charge is 0.475 e. The first-order valence-corrected chi connectivity index (χ1v) is 6.51. The number of nitrogens with two attached hydrogens (primary N) is 1. The highest BCUT2D eigenvalue weighted by Gasteiger charge is 2.41. The van der Waals surface area contributed by atoms with E-state index in [1.165, 1.54) is 12.8 Å². The number of aromatic nitrogens is 2. The van der Waals surface area contributed by atoms with Crippen LogP contribution in [0.25, 0.3) is 0 Å². The number of ether oxygens (including phenoxy) is 1. The van der Waals surface area contributed by atoms with Crippen molar-refractivity contribution in [3.05, 3.63) is 12.3 Å². The quantitative estimate of drug-likeness (QED) is 0.805. The Labute approximate surface area is 108 Å². The minimum absolute atomic E-state index is 0.108. The highest BCUT2D eigenvalue weighted by Crippen LogP contribution is 2.40. The Balaban J connectivity index is 2.08. The summed E-state index contributed by atoms with van der Waals surface area (Å²) in [7, 11) is 0. The molecule has 3 N–H and O–H groups in total.